The van der Waals surface area contributed by atoms with Crippen molar-refractivity contribution in [3.05, 3.63) is 101 Å². The number of ether oxygens (including phenoxy) is 1. The van der Waals surface area contributed by atoms with E-state index in [0.29, 0.717) is 24.1 Å². The van der Waals surface area contributed by atoms with E-state index in [9.17, 15) is 22.4 Å². The molecular formula is C34H39F4N3O5. The van der Waals surface area contributed by atoms with Crippen LogP contribution in [0.3, 0.4) is 0 Å². The Kier molecular flexibility index (Phi) is 12.5. The zero-order chi connectivity index (χ0) is 33.1. The number of rotatable bonds is 12. The van der Waals surface area contributed by atoms with Gasteiger partial charge in [-0.3, -0.25) is 10.0 Å². The number of hydrogen-bond acceptors (Lipinski definition) is 6. The minimum Gasteiger partial charge on any atom is -0.489 e. The number of carboxylic acids is 1. The fourth-order valence-electron chi connectivity index (χ4n) is 5.47. The lowest BCUT2D eigenvalue weighted by atomic mass is 9.96. The van der Waals surface area contributed by atoms with Gasteiger partial charge in [0.25, 0.3) is 5.91 Å². The van der Waals surface area contributed by atoms with Crippen molar-refractivity contribution in [2.24, 2.45) is 5.92 Å². The number of hydrogen-bond donors (Lipinski definition) is 4. The highest BCUT2D eigenvalue weighted by atomic mass is 19.4. The number of nitrogens with zero attached hydrogens (tertiary/aromatic N) is 1. The standard InChI is InChI=1S/C32H38FN3O3.C2HF3O2/c33-28-11-5-25(6-12-28)22-39-29-13-9-26(10-14-29)30-20-31(30)34-21-24-15-18-36(19-16-24)17-1-2-23-3-7-27(8-4-23)32(37)35-38;3-2(4,5)1(6)7/h3-14,24,30-31,34,38H,1-2,15-22H2,(H,35,37);(H,6,7). The van der Waals surface area contributed by atoms with Crippen LogP contribution in [0.25, 0.3) is 0 Å². The molecule has 5 rings (SSSR count). The van der Waals surface area contributed by atoms with Crippen molar-refractivity contribution in [2.75, 3.05) is 26.2 Å². The average molecular weight is 646 g/mol. The Bertz CT molecular complexity index is 1390. The monoisotopic (exact) mass is 645 g/mol. The summed E-state index contributed by atoms with van der Waals surface area (Å²) in [5.74, 6) is -1.29. The number of aliphatic carboxylic acids is 1. The maximum atomic E-state index is 13.0. The minimum absolute atomic E-state index is 0.230. The quantitative estimate of drug-likeness (QED) is 0.110. The fourth-order valence-corrected chi connectivity index (χ4v) is 5.47. The Morgan fingerprint density at radius 1 is 0.913 bits per heavy atom. The normalized spacial score (nSPS) is 18.3. The molecule has 1 saturated heterocycles. The van der Waals surface area contributed by atoms with Crippen molar-refractivity contribution in [3.63, 3.8) is 0 Å². The third-order valence-corrected chi connectivity index (χ3v) is 8.29. The van der Waals surface area contributed by atoms with Gasteiger partial charge in [-0.1, -0.05) is 36.4 Å². The molecule has 2 atom stereocenters. The van der Waals surface area contributed by atoms with Gasteiger partial charge in [-0.2, -0.15) is 13.2 Å². The number of alkyl halides is 3. The first-order chi connectivity index (χ1) is 22.0. The molecule has 1 heterocycles. The Labute approximate surface area is 265 Å². The molecule has 1 saturated carbocycles. The molecule has 2 fully saturated rings. The molecule has 0 aromatic heterocycles. The molecule has 248 valence electrons. The van der Waals surface area contributed by atoms with E-state index in [0.717, 1.165) is 56.3 Å². The van der Waals surface area contributed by atoms with Gasteiger partial charge in [0, 0.05) is 17.5 Å². The highest BCUT2D eigenvalue weighted by Gasteiger charge is 2.39. The summed E-state index contributed by atoms with van der Waals surface area (Å²) in [4.78, 5) is 22.9. The molecule has 2 aliphatic rings. The van der Waals surface area contributed by atoms with Crippen LogP contribution in [0.15, 0.2) is 72.8 Å². The van der Waals surface area contributed by atoms with Gasteiger partial charge in [-0.15, -0.1) is 0 Å². The lowest BCUT2D eigenvalue weighted by Gasteiger charge is -2.32. The summed E-state index contributed by atoms with van der Waals surface area (Å²) in [6.07, 6.45) is 0.701. The van der Waals surface area contributed by atoms with E-state index in [2.05, 4.69) is 22.3 Å². The van der Waals surface area contributed by atoms with E-state index >= 15 is 0 Å². The van der Waals surface area contributed by atoms with Crippen LogP contribution in [0, 0.1) is 11.7 Å². The second-order valence-corrected chi connectivity index (χ2v) is 11.7. The molecule has 1 amide bonds. The van der Waals surface area contributed by atoms with Gasteiger partial charge in [0.1, 0.15) is 18.2 Å². The summed E-state index contributed by atoms with van der Waals surface area (Å²) in [6, 6.07) is 22.8. The molecule has 0 spiro atoms. The number of nitrogens with one attached hydrogen (secondary N) is 2. The van der Waals surface area contributed by atoms with Crippen molar-refractivity contribution in [1.29, 1.82) is 0 Å². The van der Waals surface area contributed by atoms with E-state index in [-0.39, 0.29) is 5.82 Å². The van der Waals surface area contributed by atoms with Crippen molar-refractivity contribution in [2.45, 2.75) is 56.8 Å². The molecule has 3 aromatic rings. The van der Waals surface area contributed by atoms with Gasteiger partial charge in [-0.25, -0.2) is 14.7 Å². The number of piperidine rings is 1. The van der Waals surface area contributed by atoms with Crippen LogP contribution < -0.4 is 15.5 Å². The van der Waals surface area contributed by atoms with Crippen LogP contribution in [0.1, 0.15) is 58.6 Å². The lowest BCUT2D eigenvalue weighted by molar-refractivity contribution is -0.192. The third kappa shape index (κ3) is 11.1. The van der Waals surface area contributed by atoms with Crippen molar-refractivity contribution in [1.82, 2.24) is 15.7 Å². The number of amides is 1. The van der Waals surface area contributed by atoms with Crippen LogP contribution in [0.5, 0.6) is 5.75 Å². The number of aryl methyl sites for hydroxylation is 1. The second kappa shape index (κ2) is 16.5. The molecule has 2 unspecified atom stereocenters. The molecule has 8 nitrogen and oxygen atoms in total. The summed E-state index contributed by atoms with van der Waals surface area (Å²) in [5.41, 5.74) is 5.67. The Morgan fingerprint density at radius 3 is 2.11 bits per heavy atom. The smallest absolute Gasteiger partial charge is 0.489 e. The first-order valence-corrected chi connectivity index (χ1v) is 15.3. The van der Waals surface area contributed by atoms with Crippen LogP contribution in [0.2, 0.25) is 0 Å². The molecule has 4 N–H and O–H groups in total. The predicted octanol–water partition coefficient (Wildman–Crippen LogP) is 5.95. The SMILES string of the molecule is O=C(NO)c1ccc(CCCN2CCC(CNC3CC3c3ccc(OCc4ccc(F)cc4)cc3)CC2)cc1.O=C(O)C(F)(F)F. The van der Waals surface area contributed by atoms with Crippen molar-refractivity contribution < 1.29 is 42.2 Å². The van der Waals surface area contributed by atoms with E-state index in [4.69, 9.17) is 19.8 Å². The molecule has 0 bridgehead atoms. The summed E-state index contributed by atoms with van der Waals surface area (Å²) in [6.45, 7) is 4.97. The first-order valence-electron chi connectivity index (χ1n) is 15.3. The van der Waals surface area contributed by atoms with Crippen molar-refractivity contribution in [3.8, 4) is 5.75 Å². The predicted molar refractivity (Wildman–Crippen MR) is 163 cm³/mol. The Morgan fingerprint density at radius 2 is 1.52 bits per heavy atom. The van der Waals surface area contributed by atoms with Crippen molar-refractivity contribution >= 4 is 11.9 Å². The topological polar surface area (TPSA) is 111 Å². The molecule has 3 aromatic carbocycles. The third-order valence-electron chi connectivity index (χ3n) is 8.29. The van der Waals surface area contributed by atoms with Gasteiger partial charge < -0.3 is 20.1 Å². The number of halogens is 4. The molecule has 12 heteroatoms. The van der Waals surface area contributed by atoms with Gasteiger partial charge in [0.05, 0.1) is 0 Å². The summed E-state index contributed by atoms with van der Waals surface area (Å²) < 4.78 is 50.6. The van der Waals surface area contributed by atoms with Crippen LogP contribution in [-0.4, -0.2) is 65.5 Å². The number of likely N-dealkylation sites (tertiary alicyclic amines) is 1. The number of benzene rings is 3. The van der Waals surface area contributed by atoms with Crippen LogP contribution >= 0.6 is 0 Å². The molecule has 0 radical (unpaired) electrons. The van der Waals surface area contributed by atoms with Gasteiger partial charge in [0.2, 0.25) is 0 Å². The molecule has 1 aliphatic heterocycles. The second-order valence-electron chi connectivity index (χ2n) is 11.7. The summed E-state index contributed by atoms with van der Waals surface area (Å²) >= 11 is 0. The van der Waals surface area contributed by atoms with Gasteiger partial charge >= 0.3 is 12.1 Å². The number of hydroxylamine groups is 1. The first kappa shape index (κ1) is 34.9. The van der Waals surface area contributed by atoms with Crippen LogP contribution in [-0.2, 0) is 17.8 Å². The summed E-state index contributed by atoms with van der Waals surface area (Å²) in [5, 5.41) is 19.7. The molecule has 1 aliphatic carbocycles. The van der Waals surface area contributed by atoms with E-state index in [1.807, 2.05) is 24.3 Å². The van der Waals surface area contributed by atoms with Gasteiger partial charge in [0.15, 0.2) is 0 Å². The lowest BCUT2D eigenvalue weighted by Crippen LogP contribution is -2.38. The average Bonchev–Trinajstić information content (AvgIpc) is 3.84. The molecular weight excluding hydrogens is 606 g/mol. The largest absolute Gasteiger partial charge is 0.490 e. The highest BCUT2D eigenvalue weighted by molar-refractivity contribution is 5.93. The fraction of sp³-hybridized carbons (Fsp3) is 0.412. The van der Waals surface area contributed by atoms with Gasteiger partial charge in [-0.05, 0) is 117 Å². The zero-order valence-corrected chi connectivity index (χ0v) is 25.3. The zero-order valence-electron chi connectivity index (χ0n) is 25.3. The Hall–Kier alpha value is -4.00. The van der Waals surface area contributed by atoms with Crippen LogP contribution in [0.4, 0.5) is 17.6 Å². The maximum Gasteiger partial charge on any atom is 0.490 e. The highest BCUT2D eigenvalue weighted by Crippen LogP contribution is 2.41. The molecule has 46 heavy (non-hydrogen) atoms. The number of carboxylic acid groups (broad SMARTS) is 1. The number of carbonyl (C=O) groups is 2. The maximum absolute atomic E-state index is 13.0. The summed E-state index contributed by atoms with van der Waals surface area (Å²) in [7, 11) is 0. The number of carbonyl (C=O) groups excluding carboxylic acids is 1. The van der Waals surface area contributed by atoms with E-state index in [1.165, 1.54) is 42.5 Å². The van der Waals surface area contributed by atoms with E-state index < -0.39 is 18.1 Å². The Balaban J connectivity index is 0.000000617. The van der Waals surface area contributed by atoms with E-state index in [1.54, 1.807) is 29.7 Å². The minimum atomic E-state index is -5.08.